The van der Waals surface area contributed by atoms with E-state index in [4.69, 9.17) is 22.1 Å². The minimum absolute atomic E-state index is 0.0101. The molecule has 1 aliphatic rings. The third-order valence-corrected chi connectivity index (χ3v) is 3.67. The molecular weight excluding hydrogens is 264 g/mol. The fourth-order valence-corrected chi connectivity index (χ4v) is 2.72. The van der Waals surface area contributed by atoms with Gasteiger partial charge in [0.1, 0.15) is 6.61 Å². The molecule has 1 aliphatic heterocycles. The lowest BCUT2D eigenvalue weighted by atomic mass is 10.0. The van der Waals surface area contributed by atoms with Crippen LogP contribution in [0.2, 0.25) is 5.02 Å². The molecule has 4 nitrogen and oxygen atoms in total. The zero-order chi connectivity index (χ0) is 13.7. The zero-order valence-corrected chi connectivity index (χ0v) is 11.6. The standard InChI is InChI=1S/C14H19ClN2O2/c15-12-5-2-1-4-11(12)13-6-3-8-17(13)14(18)10-19-9-7-16/h1-2,4-5,13H,3,6-10,16H2. The van der Waals surface area contributed by atoms with Crippen molar-refractivity contribution in [1.82, 2.24) is 4.90 Å². The van der Waals surface area contributed by atoms with E-state index in [0.717, 1.165) is 30.0 Å². The predicted octanol–water partition coefficient (Wildman–Crippen LogP) is 1.98. The normalized spacial score (nSPS) is 18.8. The van der Waals surface area contributed by atoms with E-state index in [0.29, 0.717) is 13.2 Å². The fraction of sp³-hybridized carbons (Fsp3) is 0.500. The van der Waals surface area contributed by atoms with Crippen molar-refractivity contribution in [3.8, 4) is 0 Å². The van der Waals surface area contributed by atoms with Crippen LogP contribution in [0.5, 0.6) is 0 Å². The number of hydrogen-bond donors (Lipinski definition) is 1. The van der Waals surface area contributed by atoms with E-state index in [2.05, 4.69) is 0 Å². The number of hydrogen-bond acceptors (Lipinski definition) is 3. The Kier molecular flexibility index (Phi) is 5.19. The molecule has 1 amide bonds. The van der Waals surface area contributed by atoms with E-state index < -0.39 is 0 Å². The van der Waals surface area contributed by atoms with E-state index in [1.807, 2.05) is 29.2 Å². The minimum atomic E-state index is 0.0101. The van der Waals surface area contributed by atoms with Gasteiger partial charge >= 0.3 is 0 Å². The summed E-state index contributed by atoms with van der Waals surface area (Å²) in [7, 11) is 0. The minimum Gasteiger partial charge on any atom is -0.370 e. The Morgan fingerprint density at radius 1 is 1.47 bits per heavy atom. The van der Waals surface area contributed by atoms with E-state index in [1.165, 1.54) is 0 Å². The molecule has 0 bridgehead atoms. The van der Waals surface area contributed by atoms with Crippen LogP contribution in [0.4, 0.5) is 0 Å². The molecule has 1 aromatic rings. The first-order valence-electron chi connectivity index (χ1n) is 6.55. The third kappa shape index (κ3) is 3.47. The van der Waals surface area contributed by atoms with Gasteiger partial charge in [-0.2, -0.15) is 0 Å². The van der Waals surface area contributed by atoms with E-state index >= 15 is 0 Å². The Hall–Kier alpha value is -1.10. The van der Waals surface area contributed by atoms with Crippen molar-refractivity contribution >= 4 is 17.5 Å². The van der Waals surface area contributed by atoms with E-state index in [-0.39, 0.29) is 18.6 Å². The second-order valence-corrected chi connectivity index (χ2v) is 5.02. The highest BCUT2D eigenvalue weighted by Crippen LogP contribution is 2.35. The Balaban J connectivity index is 2.05. The molecule has 1 heterocycles. The van der Waals surface area contributed by atoms with Gasteiger partial charge in [-0.25, -0.2) is 0 Å². The van der Waals surface area contributed by atoms with Gasteiger partial charge in [0.2, 0.25) is 5.91 Å². The number of rotatable bonds is 5. The predicted molar refractivity (Wildman–Crippen MR) is 75.0 cm³/mol. The number of benzene rings is 1. The molecule has 2 N–H and O–H groups in total. The lowest BCUT2D eigenvalue weighted by Crippen LogP contribution is -2.34. The van der Waals surface area contributed by atoms with Gasteiger partial charge in [-0.05, 0) is 24.5 Å². The average molecular weight is 283 g/mol. The van der Waals surface area contributed by atoms with Crippen molar-refractivity contribution < 1.29 is 9.53 Å². The topological polar surface area (TPSA) is 55.6 Å². The van der Waals surface area contributed by atoms with Crippen LogP contribution >= 0.6 is 11.6 Å². The number of nitrogens with two attached hydrogens (primary N) is 1. The van der Waals surface area contributed by atoms with Crippen LogP contribution < -0.4 is 5.73 Å². The molecule has 0 aromatic heterocycles. The summed E-state index contributed by atoms with van der Waals surface area (Å²) in [5.41, 5.74) is 6.36. The number of amides is 1. The summed E-state index contributed by atoms with van der Waals surface area (Å²) < 4.78 is 5.22. The largest absolute Gasteiger partial charge is 0.370 e. The molecule has 5 heteroatoms. The van der Waals surface area contributed by atoms with Crippen molar-refractivity contribution in [2.45, 2.75) is 18.9 Å². The van der Waals surface area contributed by atoms with Crippen molar-refractivity contribution in [3.63, 3.8) is 0 Å². The first-order chi connectivity index (χ1) is 9.24. The number of nitrogens with zero attached hydrogens (tertiary/aromatic N) is 1. The van der Waals surface area contributed by atoms with Crippen molar-refractivity contribution in [1.29, 1.82) is 0 Å². The number of carbonyl (C=O) groups excluding carboxylic acids is 1. The van der Waals surface area contributed by atoms with Crippen molar-refractivity contribution in [3.05, 3.63) is 34.9 Å². The lowest BCUT2D eigenvalue weighted by Gasteiger charge is -2.25. The van der Waals surface area contributed by atoms with Gasteiger partial charge < -0.3 is 15.4 Å². The molecular formula is C14H19ClN2O2. The SMILES string of the molecule is NCCOCC(=O)N1CCCC1c1ccccc1Cl. The highest BCUT2D eigenvalue weighted by molar-refractivity contribution is 6.31. The number of halogens is 1. The van der Waals surface area contributed by atoms with Crippen LogP contribution in [0.25, 0.3) is 0 Å². The summed E-state index contributed by atoms with van der Waals surface area (Å²) in [5.74, 6) is 0.0101. The molecule has 19 heavy (non-hydrogen) atoms. The molecule has 1 aromatic carbocycles. The molecule has 2 rings (SSSR count). The maximum absolute atomic E-state index is 12.1. The molecule has 0 saturated carbocycles. The number of carbonyl (C=O) groups is 1. The van der Waals surface area contributed by atoms with Gasteiger partial charge in [-0.15, -0.1) is 0 Å². The maximum Gasteiger partial charge on any atom is 0.249 e. The first kappa shape index (κ1) is 14.3. The first-order valence-corrected chi connectivity index (χ1v) is 6.93. The summed E-state index contributed by atoms with van der Waals surface area (Å²) in [5, 5.41) is 0.718. The van der Waals surface area contributed by atoms with Gasteiger partial charge in [-0.3, -0.25) is 4.79 Å². The highest BCUT2D eigenvalue weighted by atomic mass is 35.5. The van der Waals surface area contributed by atoms with Crippen molar-refractivity contribution in [2.75, 3.05) is 26.3 Å². The third-order valence-electron chi connectivity index (χ3n) is 3.33. The van der Waals surface area contributed by atoms with Crippen LogP contribution in [0.15, 0.2) is 24.3 Å². The van der Waals surface area contributed by atoms with Crippen LogP contribution in [0.1, 0.15) is 24.4 Å². The zero-order valence-electron chi connectivity index (χ0n) is 10.8. The quantitative estimate of drug-likeness (QED) is 0.840. The molecule has 1 atom stereocenters. The van der Waals surface area contributed by atoms with E-state index in [9.17, 15) is 4.79 Å². The molecule has 1 saturated heterocycles. The maximum atomic E-state index is 12.1. The van der Waals surface area contributed by atoms with Gasteiger partial charge in [0.15, 0.2) is 0 Å². The van der Waals surface area contributed by atoms with E-state index in [1.54, 1.807) is 0 Å². The van der Waals surface area contributed by atoms with Crippen molar-refractivity contribution in [2.24, 2.45) is 5.73 Å². The van der Waals surface area contributed by atoms with Crippen LogP contribution in [-0.4, -0.2) is 37.1 Å². The summed E-state index contributed by atoms with van der Waals surface area (Å²) in [6, 6.07) is 7.77. The van der Waals surface area contributed by atoms with Crippen LogP contribution in [0, 0.1) is 0 Å². The number of likely N-dealkylation sites (tertiary alicyclic amines) is 1. The van der Waals surface area contributed by atoms with Crippen LogP contribution in [-0.2, 0) is 9.53 Å². The summed E-state index contributed by atoms with van der Waals surface area (Å²) >= 11 is 6.22. The Labute approximate surface area is 118 Å². The number of ether oxygens (including phenoxy) is 1. The Morgan fingerprint density at radius 2 is 2.26 bits per heavy atom. The molecule has 0 spiro atoms. The molecule has 0 radical (unpaired) electrons. The highest BCUT2D eigenvalue weighted by Gasteiger charge is 2.30. The second kappa shape index (κ2) is 6.89. The summed E-state index contributed by atoms with van der Waals surface area (Å²) in [6.07, 6.45) is 1.95. The summed E-state index contributed by atoms with van der Waals surface area (Å²) in [6.45, 7) is 1.70. The second-order valence-electron chi connectivity index (χ2n) is 4.61. The monoisotopic (exact) mass is 282 g/mol. The Morgan fingerprint density at radius 3 is 3.00 bits per heavy atom. The smallest absolute Gasteiger partial charge is 0.249 e. The lowest BCUT2D eigenvalue weighted by molar-refractivity contribution is -0.137. The van der Waals surface area contributed by atoms with Crippen LogP contribution in [0.3, 0.4) is 0 Å². The Bertz CT molecular complexity index is 439. The van der Waals surface area contributed by atoms with Gasteiger partial charge in [-0.1, -0.05) is 29.8 Å². The van der Waals surface area contributed by atoms with Gasteiger partial charge in [0.25, 0.3) is 0 Å². The van der Waals surface area contributed by atoms with Gasteiger partial charge in [0.05, 0.1) is 12.6 Å². The molecule has 1 fully saturated rings. The fourth-order valence-electron chi connectivity index (χ4n) is 2.46. The molecule has 0 aliphatic carbocycles. The molecule has 104 valence electrons. The molecule has 1 unspecified atom stereocenters. The van der Waals surface area contributed by atoms with Gasteiger partial charge in [0, 0.05) is 18.1 Å². The summed E-state index contributed by atoms with van der Waals surface area (Å²) in [4.78, 5) is 14.0. The average Bonchev–Trinajstić information content (AvgIpc) is 2.88.